The summed E-state index contributed by atoms with van der Waals surface area (Å²) >= 11 is 0. The zero-order valence-electron chi connectivity index (χ0n) is 14.6. The molecule has 1 aliphatic heterocycles. The summed E-state index contributed by atoms with van der Waals surface area (Å²) in [5.74, 6) is -0.538. The molecule has 0 saturated carbocycles. The van der Waals surface area contributed by atoms with Crippen LogP contribution in [-0.2, 0) is 4.43 Å². The lowest BCUT2D eigenvalue weighted by Gasteiger charge is -2.37. The van der Waals surface area contributed by atoms with Gasteiger partial charge in [-0.15, -0.1) is 6.58 Å². The lowest BCUT2D eigenvalue weighted by molar-refractivity contribution is 0.0570. The van der Waals surface area contributed by atoms with Crippen LogP contribution < -0.4 is 0 Å². The smallest absolute Gasteiger partial charge is 0.262 e. The molecular weight excluding hydrogens is 306 g/mol. The van der Waals surface area contributed by atoms with Crippen LogP contribution in [-0.4, -0.2) is 37.7 Å². The van der Waals surface area contributed by atoms with Gasteiger partial charge in [0.2, 0.25) is 0 Å². The number of nitrogens with zero attached hydrogens (tertiary/aromatic N) is 1. The highest BCUT2D eigenvalue weighted by atomic mass is 28.4. The number of fused-ring (bicyclic) bond motifs is 1. The van der Waals surface area contributed by atoms with E-state index in [9.17, 15) is 9.59 Å². The Hall–Kier alpha value is -1.72. The van der Waals surface area contributed by atoms with Crippen molar-refractivity contribution >= 4 is 20.1 Å². The number of hydrogen-bond donors (Lipinski definition) is 0. The third kappa shape index (κ3) is 3.16. The summed E-state index contributed by atoms with van der Waals surface area (Å²) < 4.78 is 6.18. The van der Waals surface area contributed by atoms with Crippen LogP contribution in [0.25, 0.3) is 0 Å². The quantitative estimate of drug-likeness (QED) is 0.467. The lowest BCUT2D eigenvalue weighted by Crippen LogP contribution is -2.47. The second-order valence-electron chi connectivity index (χ2n) is 7.40. The highest BCUT2D eigenvalue weighted by Gasteiger charge is 2.41. The van der Waals surface area contributed by atoms with E-state index >= 15 is 0 Å². The second kappa shape index (κ2) is 6.05. The molecule has 0 aromatic heterocycles. The summed E-state index contributed by atoms with van der Waals surface area (Å²) in [6.07, 6.45) is 1.62. The Balaban J connectivity index is 2.19. The molecular formula is C18H25NO3Si. The molecule has 0 bridgehead atoms. The summed E-state index contributed by atoms with van der Waals surface area (Å²) in [6.45, 7) is 14.9. The highest BCUT2D eigenvalue weighted by molar-refractivity contribution is 6.74. The minimum absolute atomic E-state index is 0.0701. The maximum atomic E-state index is 12.5. The molecule has 1 aromatic carbocycles. The Morgan fingerprint density at radius 1 is 1.17 bits per heavy atom. The van der Waals surface area contributed by atoms with E-state index in [0.29, 0.717) is 17.7 Å². The van der Waals surface area contributed by atoms with Crippen LogP contribution in [0.5, 0.6) is 0 Å². The first kappa shape index (κ1) is 17.6. The Morgan fingerprint density at radius 3 is 2.04 bits per heavy atom. The first-order chi connectivity index (χ1) is 10.6. The van der Waals surface area contributed by atoms with Gasteiger partial charge in [0.1, 0.15) is 0 Å². The van der Waals surface area contributed by atoms with Crippen molar-refractivity contribution < 1.29 is 14.0 Å². The van der Waals surface area contributed by atoms with Gasteiger partial charge in [-0.1, -0.05) is 39.0 Å². The lowest BCUT2D eigenvalue weighted by atomic mass is 10.1. The van der Waals surface area contributed by atoms with Gasteiger partial charge in [-0.25, -0.2) is 0 Å². The molecule has 1 atom stereocenters. The molecule has 124 valence electrons. The molecule has 1 aliphatic rings. The van der Waals surface area contributed by atoms with Gasteiger partial charge in [0, 0.05) is 0 Å². The summed E-state index contributed by atoms with van der Waals surface area (Å²) in [6, 6.07) is 6.46. The number of hydrogen-bond acceptors (Lipinski definition) is 3. The monoisotopic (exact) mass is 331 g/mol. The van der Waals surface area contributed by atoms with Crippen LogP contribution in [0.15, 0.2) is 36.9 Å². The first-order valence-corrected chi connectivity index (χ1v) is 10.7. The van der Waals surface area contributed by atoms with Crippen LogP contribution in [0.1, 0.15) is 41.5 Å². The fraction of sp³-hybridized carbons (Fsp3) is 0.444. The standard InChI is InChI=1S/C18H25NO3Si/c1-7-13(12-22-23(5,6)18(2,3)4)19-16(20)14-10-8-9-11-15(14)17(19)21/h7-11,13H,1,12H2,2-6H3. The normalized spacial score (nSPS) is 16.5. The zero-order valence-corrected chi connectivity index (χ0v) is 15.6. The van der Waals surface area contributed by atoms with Crippen molar-refractivity contribution in [2.24, 2.45) is 0 Å². The predicted molar refractivity (Wildman–Crippen MR) is 94.1 cm³/mol. The van der Waals surface area contributed by atoms with Crippen LogP contribution in [0.3, 0.4) is 0 Å². The Kier molecular flexibility index (Phi) is 4.64. The third-order valence-corrected chi connectivity index (χ3v) is 9.35. The average Bonchev–Trinajstić information content (AvgIpc) is 2.72. The Bertz CT molecular complexity index is 611. The molecule has 1 unspecified atom stereocenters. The number of carbonyl (C=O) groups excluding carboxylic acids is 2. The largest absolute Gasteiger partial charge is 0.414 e. The molecule has 1 aromatic rings. The first-order valence-electron chi connectivity index (χ1n) is 7.83. The SMILES string of the molecule is C=CC(CO[Si](C)(C)C(C)(C)C)N1C(=O)c2ccccc2C1=O. The van der Waals surface area contributed by atoms with Gasteiger partial charge >= 0.3 is 0 Å². The maximum absolute atomic E-state index is 12.5. The summed E-state index contributed by atoms with van der Waals surface area (Å²) in [4.78, 5) is 26.4. The van der Waals surface area contributed by atoms with Crippen molar-refractivity contribution in [1.29, 1.82) is 0 Å². The van der Waals surface area contributed by atoms with Crippen molar-refractivity contribution in [3.63, 3.8) is 0 Å². The molecule has 0 fully saturated rings. The molecule has 4 nitrogen and oxygen atoms in total. The number of carbonyl (C=O) groups is 2. The van der Waals surface area contributed by atoms with E-state index in [2.05, 4.69) is 40.4 Å². The van der Waals surface area contributed by atoms with Gasteiger partial charge in [-0.3, -0.25) is 14.5 Å². The number of benzene rings is 1. The molecule has 23 heavy (non-hydrogen) atoms. The van der Waals surface area contributed by atoms with Crippen molar-refractivity contribution in [2.75, 3.05) is 6.61 Å². The molecule has 0 N–H and O–H groups in total. The minimum Gasteiger partial charge on any atom is -0.414 e. The van der Waals surface area contributed by atoms with E-state index in [1.165, 1.54) is 4.90 Å². The summed E-state index contributed by atoms with van der Waals surface area (Å²) in [5.41, 5.74) is 0.911. The molecule has 2 amide bonds. The predicted octanol–water partition coefficient (Wildman–Crippen LogP) is 3.86. The van der Waals surface area contributed by atoms with Crippen molar-refractivity contribution in [1.82, 2.24) is 4.90 Å². The van der Waals surface area contributed by atoms with Crippen molar-refractivity contribution in [2.45, 2.75) is 44.9 Å². The van der Waals surface area contributed by atoms with Crippen LogP contribution in [0, 0.1) is 0 Å². The average molecular weight is 331 g/mol. The fourth-order valence-electron chi connectivity index (χ4n) is 2.27. The van der Waals surface area contributed by atoms with E-state index in [0.717, 1.165) is 0 Å². The van der Waals surface area contributed by atoms with E-state index in [1.54, 1.807) is 30.3 Å². The Morgan fingerprint density at radius 2 is 1.65 bits per heavy atom. The van der Waals surface area contributed by atoms with Gasteiger partial charge in [0.25, 0.3) is 11.8 Å². The Labute approximate surface area is 139 Å². The van der Waals surface area contributed by atoms with E-state index in [1.807, 2.05) is 0 Å². The van der Waals surface area contributed by atoms with Crippen LogP contribution >= 0.6 is 0 Å². The zero-order chi connectivity index (χ0) is 17.4. The molecule has 2 rings (SSSR count). The summed E-state index contributed by atoms with van der Waals surface area (Å²) in [5, 5.41) is 0.0701. The van der Waals surface area contributed by atoms with Gasteiger partial charge in [0.15, 0.2) is 8.32 Å². The molecule has 0 radical (unpaired) electrons. The van der Waals surface area contributed by atoms with Gasteiger partial charge in [0.05, 0.1) is 23.8 Å². The molecule has 0 aliphatic carbocycles. The van der Waals surface area contributed by atoms with Crippen molar-refractivity contribution in [3.05, 3.63) is 48.0 Å². The van der Waals surface area contributed by atoms with Crippen molar-refractivity contribution in [3.8, 4) is 0 Å². The second-order valence-corrected chi connectivity index (χ2v) is 12.2. The summed E-state index contributed by atoms with van der Waals surface area (Å²) in [7, 11) is -1.96. The molecule has 5 heteroatoms. The fourth-order valence-corrected chi connectivity index (χ4v) is 3.29. The highest BCUT2D eigenvalue weighted by Crippen LogP contribution is 2.37. The van der Waals surface area contributed by atoms with Gasteiger partial charge in [-0.05, 0) is 30.3 Å². The van der Waals surface area contributed by atoms with Gasteiger partial charge < -0.3 is 4.43 Å². The van der Waals surface area contributed by atoms with Crippen LogP contribution in [0.2, 0.25) is 18.1 Å². The van der Waals surface area contributed by atoms with Gasteiger partial charge in [-0.2, -0.15) is 0 Å². The van der Waals surface area contributed by atoms with E-state index < -0.39 is 14.4 Å². The molecule has 0 saturated heterocycles. The van der Waals surface area contributed by atoms with Crippen LogP contribution in [0.4, 0.5) is 0 Å². The maximum Gasteiger partial charge on any atom is 0.262 e. The van der Waals surface area contributed by atoms with E-state index in [4.69, 9.17) is 4.43 Å². The molecule has 1 heterocycles. The molecule has 0 spiro atoms. The van der Waals surface area contributed by atoms with E-state index in [-0.39, 0.29) is 16.9 Å². The number of amides is 2. The number of imide groups is 1. The minimum atomic E-state index is -1.96. The topological polar surface area (TPSA) is 46.6 Å². The third-order valence-electron chi connectivity index (χ3n) is 4.85. The number of rotatable bonds is 5.